The van der Waals surface area contributed by atoms with Crippen LogP contribution in [-0.4, -0.2) is 40.1 Å². The van der Waals surface area contributed by atoms with Gasteiger partial charge in [-0.25, -0.2) is 9.59 Å². The van der Waals surface area contributed by atoms with Crippen LogP contribution in [0.5, 0.6) is 0 Å². The van der Waals surface area contributed by atoms with Gasteiger partial charge in [-0.1, -0.05) is 42.5 Å². The second-order valence-corrected chi connectivity index (χ2v) is 4.31. The first-order chi connectivity index (χ1) is 8.99. The predicted molar refractivity (Wildman–Crippen MR) is 70.7 cm³/mol. The van der Waals surface area contributed by atoms with Gasteiger partial charge < -0.3 is 10.2 Å². The highest BCUT2D eigenvalue weighted by molar-refractivity contribution is 6.27. The van der Waals surface area contributed by atoms with Crippen molar-refractivity contribution in [3.8, 4) is 0 Å². The number of benzene rings is 1. The van der Waals surface area contributed by atoms with Crippen molar-refractivity contribution < 1.29 is 19.8 Å². The number of likely N-dealkylation sites (tertiary alicyclic amines) is 1. The Bertz CT molecular complexity index is 444. The van der Waals surface area contributed by atoms with Gasteiger partial charge in [-0.2, -0.15) is 0 Å². The zero-order valence-electron chi connectivity index (χ0n) is 10.6. The number of aliphatic carboxylic acids is 2. The standard InChI is InChI=1S/C12H15N.C2H2O4/c1-11-7-8-13(9-11)10-12-5-3-2-4-6-12;3-1(4)2(5)6/h2-6H,1,7-10H2;(H,3,4)(H,5,6). The molecule has 1 aliphatic rings. The van der Waals surface area contributed by atoms with Crippen molar-refractivity contribution in [2.24, 2.45) is 0 Å². The quantitative estimate of drug-likeness (QED) is 0.626. The third-order valence-corrected chi connectivity index (χ3v) is 2.66. The number of carbonyl (C=O) groups is 2. The summed E-state index contributed by atoms with van der Waals surface area (Å²) in [6.45, 7) is 7.33. The number of rotatable bonds is 2. The third kappa shape index (κ3) is 5.83. The van der Waals surface area contributed by atoms with Crippen LogP contribution in [0, 0.1) is 0 Å². The molecule has 0 aromatic heterocycles. The fraction of sp³-hybridized carbons (Fsp3) is 0.286. The van der Waals surface area contributed by atoms with E-state index in [-0.39, 0.29) is 0 Å². The van der Waals surface area contributed by atoms with Gasteiger partial charge in [0, 0.05) is 19.6 Å². The van der Waals surface area contributed by atoms with E-state index in [0.717, 1.165) is 13.1 Å². The molecule has 1 heterocycles. The maximum Gasteiger partial charge on any atom is 0.414 e. The molecule has 1 saturated heterocycles. The Kier molecular flexibility index (Phi) is 5.75. The summed E-state index contributed by atoms with van der Waals surface area (Å²) < 4.78 is 0. The molecular formula is C14H17NO4. The number of carboxylic acids is 2. The van der Waals surface area contributed by atoms with Crippen LogP contribution in [0.4, 0.5) is 0 Å². The first-order valence-electron chi connectivity index (χ1n) is 5.88. The summed E-state index contributed by atoms with van der Waals surface area (Å²) in [6.07, 6.45) is 1.17. The molecule has 0 spiro atoms. The second-order valence-electron chi connectivity index (χ2n) is 4.31. The van der Waals surface area contributed by atoms with Crippen molar-refractivity contribution in [2.75, 3.05) is 13.1 Å². The molecule has 1 aromatic carbocycles. The summed E-state index contributed by atoms with van der Waals surface area (Å²) in [4.78, 5) is 20.6. The molecule has 5 heteroatoms. The Morgan fingerprint density at radius 2 is 1.74 bits per heavy atom. The van der Waals surface area contributed by atoms with Gasteiger partial charge in [0.25, 0.3) is 0 Å². The molecule has 0 unspecified atom stereocenters. The van der Waals surface area contributed by atoms with Crippen LogP contribution in [0.3, 0.4) is 0 Å². The Hall–Kier alpha value is -2.14. The van der Waals surface area contributed by atoms with Crippen LogP contribution in [0.2, 0.25) is 0 Å². The lowest BCUT2D eigenvalue weighted by atomic mass is 10.2. The van der Waals surface area contributed by atoms with Crippen molar-refractivity contribution >= 4 is 11.9 Å². The molecule has 0 amide bonds. The minimum absolute atomic E-state index is 1.07. The molecular weight excluding hydrogens is 246 g/mol. The van der Waals surface area contributed by atoms with Crippen LogP contribution in [0.15, 0.2) is 42.5 Å². The Morgan fingerprint density at radius 3 is 2.16 bits per heavy atom. The number of hydrogen-bond donors (Lipinski definition) is 2. The Balaban J connectivity index is 0.000000258. The number of nitrogens with zero attached hydrogens (tertiary/aromatic N) is 1. The minimum Gasteiger partial charge on any atom is -0.473 e. The summed E-state index contributed by atoms with van der Waals surface area (Å²) in [6, 6.07) is 10.6. The maximum atomic E-state index is 9.10. The van der Waals surface area contributed by atoms with Crippen molar-refractivity contribution in [3.63, 3.8) is 0 Å². The highest BCUT2D eigenvalue weighted by atomic mass is 16.4. The van der Waals surface area contributed by atoms with Crippen LogP contribution < -0.4 is 0 Å². The smallest absolute Gasteiger partial charge is 0.414 e. The van der Waals surface area contributed by atoms with E-state index in [9.17, 15) is 0 Å². The summed E-state index contributed by atoms with van der Waals surface area (Å²) in [7, 11) is 0. The molecule has 5 nitrogen and oxygen atoms in total. The maximum absolute atomic E-state index is 9.10. The molecule has 1 aromatic rings. The highest BCUT2D eigenvalue weighted by Crippen LogP contribution is 2.15. The van der Waals surface area contributed by atoms with Crippen LogP contribution in [0.1, 0.15) is 12.0 Å². The minimum atomic E-state index is -1.82. The summed E-state index contributed by atoms with van der Waals surface area (Å²) in [5, 5.41) is 14.8. The van der Waals surface area contributed by atoms with Crippen molar-refractivity contribution in [1.29, 1.82) is 0 Å². The van der Waals surface area contributed by atoms with Crippen molar-refractivity contribution in [1.82, 2.24) is 4.90 Å². The zero-order valence-corrected chi connectivity index (χ0v) is 10.6. The van der Waals surface area contributed by atoms with Gasteiger partial charge >= 0.3 is 11.9 Å². The third-order valence-electron chi connectivity index (χ3n) is 2.66. The van der Waals surface area contributed by atoms with Gasteiger partial charge in [-0.3, -0.25) is 4.90 Å². The molecule has 0 radical (unpaired) electrons. The van der Waals surface area contributed by atoms with E-state index in [1.165, 1.54) is 24.1 Å². The van der Waals surface area contributed by atoms with Gasteiger partial charge in [0.15, 0.2) is 0 Å². The van der Waals surface area contributed by atoms with E-state index in [1.807, 2.05) is 0 Å². The summed E-state index contributed by atoms with van der Waals surface area (Å²) >= 11 is 0. The van der Waals surface area contributed by atoms with Crippen molar-refractivity contribution in [3.05, 3.63) is 48.0 Å². The molecule has 0 aliphatic carbocycles. The Morgan fingerprint density at radius 1 is 1.16 bits per heavy atom. The van der Waals surface area contributed by atoms with Crippen LogP contribution >= 0.6 is 0 Å². The first kappa shape index (κ1) is 14.9. The average Bonchev–Trinajstić information content (AvgIpc) is 2.76. The summed E-state index contributed by atoms with van der Waals surface area (Å²) in [5.74, 6) is -3.65. The largest absolute Gasteiger partial charge is 0.473 e. The SMILES string of the molecule is C=C1CCN(Cc2ccccc2)C1.O=C(O)C(=O)O. The zero-order chi connectivity index (χ0) is 14.3. The average molecular weight is 263 g/mol. The molecule has 102 valence electrons. The number of carboxylic acid groups (broad SMARTS) is 2. The van der Waals surface area contributed by atoms with E-state index in [1.54, 1.807) is 0 Å². The molecule has 19 heavy (non-hydrogen) atoms. The van der Waals surface area contributed by atoms with Crippen LogP contribution in [-0.2, 0) is 16.1 Å². The topological polar surface area (TPSA) is 77.8 Å². The fourth-order valence-corrected chi connectivity index (χ4v) is 1.77. The van der Waals surface area contributed by atoms with Gasteiger partial charge in [-0.15, -0.1) is 0 Å². The van der Waals surface area contributed by atoms with Gasteiger partial charge in [0.2, 0.25) is 0 Å². The van der Waals surface area contributed by atoms with Gasteiger partial charge in [0.05, 0.1) is 0 Å². The number of hydrogen-bond acceptors (Lipinski definition) is 3. The van der Waals surface area contributed by atoms with E-state index in [4.69, 9.17) is 19.8 Å². The second kappa shape index (κ2) is 7.33. The molecule has 2 N–H and O–H groups in total. The van der Waals surface area contributed by atoms with E-state index < -0.39 is 11.9 Å². The molecule has 1 fully saturated rings. The summed E-state index contributed by atoms with van der Waals surface area (Å²) in [5.41, 5.74) is 2.77. The highest BCUT2D eigenvalue weighted by Gasteiger charge is 2.14. The van der Waals surface area contributed by atoms with Gasteiger partial charge in [-0.05, 0) is 12.0 Å². The lowest BCUT2D eigenvalue weighted by Crippen LogP contribution is -2.18. The van der Waals surface area contributed by atoms with Crippen LogP contribution in [0.25, 0.3) is 0 Å². The van der Waals surface area contributed by atoms with E-state index in [2.05, 4.69) is 41.8 Å². The van der Waals surface area contributed by atoms with E-state index >= 15 is 0 Å². The molecule has 0 bridgehead atoms. The molecule has 0 atom stereocenters. The lowest BCUT2D eigenvalue weighted by molar-refractivity contribution is -0.159. The predicted octanol–water partition coefficient (Wildman–Crippen LogP) is 1.60. The molecule has 2 rings (SSSR count). The lowest BCUT2D eigenvalue weighted by Gasteiger charge is -2.13. The fourth-order valence-electron chi connectivity index (χ4n) is 1.77. The van der Waals surface area contributed by atoms with Gasteiger partial charge in [0.1, 0.15) is 0 Å². The molecule has 1 aliphatic heterocycles. The van der Waals surface area contributed by atoms with E-state index in [0.29, 0.717) is 0 Å². The first-order valence-corrected chi connectivity index (χ1v) is 5.88. The van der Waals surface area contributed by atoms with Crippen molar-refractivity contribution in [2.45, 2.75) is 13.0 Å². The monoisotopic (exact) mass is 263 g/mol. The Labute approximate surface area is 111 Å². The molecule has 0 saturated carbocycles. The normalized spacial score (nSPS) is 14.6.